The summed E-state index contributed by atoms with van der Waals surface area (Å²) in [7, 11) is 0. The van der Waals surface area contributed by atoms with Crippen LogP contribution in [0.15, 0.2) is 10.8 Å². The number of hydrogen-bond acceptors (Lipinski definition) is 3. The Morgan fingerprint density at radius 3 is 2.78 bits per heavy atom. The predicted molar refractivity (Wildman–Crippen MR) is 72.9 cm³/mol. The largest absolute Gasteiger partial charge is 0.438 e. The van der Waals surface area contributed by atoms with Gasteiger partial charge in [0.25, 0.3) is 5.91 Å². The first-order valence-electron chi connectivity index (χ1n) is 6.51. The van der Waals surface area contributed by atoms with Gasteiger partial charge in [0, 0.05) is 17.9 Å². The number of halogens is 1. The molecule has 0 bridgehead atoms. The summed E-state index contributed by atoms with van der Waals surface area (Å²) in [5.74, 6) is 0.373. The Hall–Kier alpha value is -0.840. The minimum absolute atomic E-state index is 0.0173. The van der Waals surface area contributed by atoms with Gasteiger partial charge in [-0.25, -0.2) is 4.98 Å². The van der Waals surface area contributed by atoms with Gasteiger partial charge < -0.3 is 9.32 Å². The second-order valence-electron chi connectivity index (χ2n) is 4.75. The zero-order chi connectivity index (χ0) is 13.0. The lowest BCUT2D eigenvalue weighted by molar-refractivity contribution is 0.0617. The lowest BCUT2D eigenvalue weighted by Crippen LogP contribution is -2.42. The molecular weight excluding hydrogens is 296 g/mol. The lowest BCUT2D eigenvalue weighted by Gasteiger charge is -2.33. The molecule has 1 aromatic rings. The van der Waals surface area contributed by atoms with E-state index in [0.717, 1.165) is 24.7 Å². The molecule has 2 rings (SSSR count). The highest BCUT2D eigenvalue weighted by molar-refractivity contribution is 9.09. The second kappa shape index (κ2) is 6.36. The Labute approximate surface area is 116 Å². The van der Waals surface area contributed by atoms with Crippen LogP contribution in [0.3, 0.4) is 0 Å². The fraction of sp³-hybridized carbons (Fsp3) is 0.692. The molecule has 0 unspecified atom stereocenters. The van der Waals surface area contributed by atoms with Crippen molar-refractivity contribution in [2.24, 2.45) is 0 Å². The normalized spacial score (nSPS) is 16.8. The van der Waals surface area contributed by atoms with Crippen LogP contribution >= 0.6 is 15.9 Å². The number of rotatable bonds is 4. The van der Waals surface area contributed by atoms with E-state index < -0.39 is 0 Å². The standard InChI is InChI=1S/C13H19BrN2O2/c1-10-12(18-9-15-10)13(17)16(8-7-14)11-5-3-2-4-6-11/h9,11H,2-8H2,1H3. The highest BCUT2D eigenvalue weighted by Gasteiger charge is 2.28. The maximum Gasteiger partial charge on any atom is 0.291 e. The van der Waals surface area contributed by atoms with Crippen LogP contribution in [0.2, 0.25) is 0 Å². The summed E-state index contributed by atoms with van der Waals surface area (Å²) in [6.45, 7) is 2.54. The van der Waals surface area contributed by atoms with Crippen molar-refractivity contribution in [2.75, 3.05) is 11.9 Å². The third-order valence-electron chi connectivity index (χ3n) is 3.54. The Morgan fingerprint density at radius 1 is 1.50 bits per heavy atom. The van der Waals surface area contributed by atoms with Gasteiger partial charge in [-0.05, 0) is 19.8 Å². The number of amides is 1. The van der Waals surface area contributed by atoms with Crippen molar-refractivity contribution in [1.82, 2.24) is 9.88 Å². The predicted octanol–water partition coefficient (Wildman–Crippen LogP) is 3.15. The van der Waals surface area contributed by atoms with Crippen LogP contribution < -0.4 is 0 Å². The summed E-state index contributed by atoms with van der Waals surface area (Å²) in [6, 6.07) is 0.355. The van der Waals surface area contributed by atoms with Gasteiger partial charge in [0.15, 0.2) is 6.39 Å². The summed E-state index contributed by atoms with van der Waals surface area (Å²) in [4.78, 5) is 18.4. The molecule has 0 aromatic carbocycles. The van der Waals surface area contributed by atoms with Crippen molar-refractivity contribution in [3.8, 4) is 0 Å². The van der Waals surface area contributed by atoms with Crippen LogP contribution in [-0.2, 0) is 0 Å². The van der Waals surface area contributed by atoms with Crippen molar-refractivity contribution < 1.29 is 9.21 Å². The van der Waals surface area contributed by atoms with E-state index in [4.69, 9.17) is 4.42 Å². The summed E-state index contributed by atoms with van der Waals surface area (Å²) < 4.78 is 5.23. The summed E-state index contributed by atoms with van der Waals surface area (Å²) in [6.07, 6.45) is 7.26. The number of aryl methyl sites for hydroxylation is 1. The van der Waals surface area contributed by atoms with Crippen molar-refractivity contribution in [2.45, 2.75) is 45.1 Å². The molecule has 18 heavy (non-hydrogen) atoms. The quantitative estimate of drug-likeness (QED) is 0.802. The molecule has 0 aliphatic heterocycles. The Morgan fingerprint density at radius 2 is 2.22 bits per heavy atom. The summed E-state index contributed by atoms with van der Waals surface area (Å²) >= 11 is 3.43. The molecule has 1 aliphatic carbocycles. The van der Waals surface area contributed by atoms with E-state index in [2.05, 4.69) is 20.9 Å². The van der Waals surface area contributed by atoms with Gasteiger partial charge in [-0.2, -0.15) is 0 Å². The molecule has 0 N–H and O–H groups in total. The molecule has 5 heteroatoms. The van der Waals surface area contributed by atoms with Crippen molar-refractivity contribution in [3.63, 3.8) is 0 Å². The number of alkyl halides is 1. The minimum Gasteiger partial charge on any atom is -0.438 e. The van der Waals surface area contributed by atoms with E-state index in [1.807, 2.05) is 11.8 Å². The number of hydrogen-bond donors (Lipinski definition) is 0. The average Bonchev–Trinajstić information content (AvgIpc) is 2.82. The third-order valence-corrected chi connectivity index (χ3v) is 3.90. The third kappa shape index (κ3) is 2.94. The van der Waals surface area contributed by atoms with Crippen LogP contribution in [0.25, 0.3) is 0 Å². The number of aromatic nitrogens is 1. The van der Waals surface area contributed by atoms with Gasteiger partial charge in [-0.15, -0.1) is 0 Å². The molecule has 1 amide bonds. The zero-order valence-corrected chi connectivity index (χ0v) is 12.3. The van der Waals surface area contributed by atoms with Crippen molar-refractivity contribution in [1.29, 1.82) is 0 Å². The van der Waals surface area contributed by atoms with Gasteiger partial charge in [0.1, 0.15) is 0 Å². The van der Waals surface area contributed by atoms with Crippen LogP contribution in [0.4, 0.5) is 0 Å². The van der Waals surface area contributed by atoms with E-state index in [9.17, 15) is 4.79 Å². The molecule has 1 aliphatic rings. The Balaban J connectivity index is 2.13. The summed E-state index contributed by atoms with van der Waals surface area (Å²) in [5.41, 5.74) is 0.676. The van der Waals surface area contributed by atoms with Gasteiger partial charge >= 0.3 is 0 Å². The maximum absolute atomic E-state index is 12.5. The second-order valence-corrected chi connectivity index (χ2v) is 5.54. The molecule has 0 radical (unpaired) electrons. The minimum atomic E-state index is -0.0173. The van der Waals surface area contributed by atoms with Gasteiger partial charge in [-0.1, -0.05) is 35.2 Å². The van der Waals surface area contributed by atoms with Gasteiger partial charge in [0.2, 0.25) is 5.76 Å². The van der Waals surface area contributed by atoms with Crippen LogP contribution in [0, 0.1) is 6.92 Å². The number of nitrogens with zero attached hydrogens (tertiary/aromatic N) is 2. The molecular formula is C13H19BrN2O2. The van der Waals surface area contributed by atoms with Crippen molar-refractivity contribution >= 4 is 21.8 Å². The van der Waals surface area contributed by atoms with E-state index in [-0.39, 0.29) is 5.91 Å². The highest BCUT2D eigenvalue weighted by Crippen LogP contribution is 2.24. The van der Waals surface area contributed by atoms with Gasteiger partial charge in [-0.3, -0.25) is 4.79 Å². The fourth-order valence-electron chi connectivity index (χ4n) is 2.57. The van der Waals surface area contributed by atoms with E-state index in [0.29, 0.717) is 17.5 Å². The zero-order valence-electron chi connectivity index (χ0n) is 10.7. The number of carbonyl (C=O) groups is 1. The molecule has 1 heterocycles. The molecule has 100 valence electrons. The molecule has 0 spiro atoms. The molecule has 1 aromatic heterocycles. The first-order chi connectivity index (χ1) is 8.74. The van der Waals surface area contributed by atoms with Crippen LogP contribution in [0.1, 0.15) is 48.4 Å². The molecule has 4 nitrogen and oxygen atoms in total. The molecule has 1 fully saturated rings. The number of carbonyl (C=O) groups excluding carboxylic acids is 1. The summed E-state index contributed by atoms with van der Waals surface area (Å²) in [5, 5.41) is 0.794. The topological polar surface area (TPSA) is 46.3 Å². The van der Waals surface area contributed by atoms with Crippen molar-refractivity contribution in [3.05, 3.63) is 17.8 Å². The highest BCUT2D eigenvalue weighted by atomic mass is 79.9. The smallest absolute Gasteiger partial charge is 0.291 e. The first-order valence-corrected chi connectivity index (χ1v) is 7.63. The van der Waals surface area contributed by atoms with Gasteiger partial charge in [0.05, 0.1) is 5.69 Å². The Kier molecular flexibility index (Phi) is 4.80. The molecule has 0 atom stereocenters. The molecule has 1 saturated carbocycles. The molecule has 0 saturated heterocycles. The van der Waals surface area contributed by atoms with Crippen LogP contribution in [0.5, 0.6) is 0 Å². The Bertz CT molecular complexity index is 399. The monoisotopic (exact) mass is 314 g/mol. The van der Waals surface area contributed by atoms with E-state index in [1.165, 1.54) is 25.7 Å². The first kappa shape index (κ1) is 13.6. The number of oxazole rings is 1. The van der Waals surface area contributed by atoms with Crippen LogP contribution in [-0.4, -0.2) is 33.7 Å². The average molecular weight is 315 g/mol. The lowest BCUT2D eigenvalue weighted by atomic mass is 9.94. The fourth-order valence-corrected chi connectivity index (χ4v) is 2.95. The maximum atomic E-state index is 12.5. The van der Waals surface area contributed by atoms with E-state index >= 15 is 0 Å². The van der Waals surface area contributed by atoms with E-state index in [1.54, 1.807) is 0 Å². The SMILES string of the molecule is Cc1ncoc1C(=O)N(CCBr)C1CCCCC1.